The minimum absolute atomic E-state index is 0.257. The summed E-state index contributed by atoms with van der Waals surface area (Å²) in [7, 11) is -3.38. The van der Waals surface area contributed by atoms with Gasteiger partial charge in [0.1, 0.15) is 0 Å². The third-order valence-corrected chi connectivity index (χ3v) is 6.12. The Morgan fingerprint density at radius 3 is 2.68 bits per heavy atom. The first-order chi connectivity index (χ1) is 8.96. The number of rotatable bonds is 3. The number of nitrogens with zero attached hydrogens (tertiary/aromatic N) is 1. The first-order valence-corrected chi connectivity index (χ1v) is 8.16. The van der Waals surface area contributed by atoms with E-state index in [2.05, 4.69) is 6.92 Å². The molecular formula is C14H22N2O2S. The van der Waals surface area contributed by atoms with E-state index >= 15 is 0 Å². The van der Waals surface area contributed by atoms with E-state index in [-0.39, 0.29) is 5.92 Å². The van der Waals surface area contributed by atoms with Gasteiger partial charge in [0.25, 0.3) is 0 Å². The second kappa shape index (κ2) is 5.61. The summed E-state index contributed by atoms with van der Waals surface area (Å²) in [6.07, 6.45) is 0.882. The van der Waals surface area contributed by atoms with Gasteiger partial charge in [0.2, 0.25) is 10.0 Å². The minimum Gasteiger partial charge on any atom is -0.330 e. The third kappa shape index (κ3) is 2.83. The summed E-state index contributed by atoms with van der Waals surface area (Å²) in [6.45, 7) is 5.65. The molecule has 1 aliphatic rings. The Hall–Kier alpha value is -0.910. The molecule has 0 aliphatic carbocycles. The summed E-state index contributed by atoms with van der Waals surface area (Å²) in [5, 5.41) is 0. The normalized spacial score (nSPS) is 25.4. The van der Waals surface area contributed by atoms with Crippen molar-refractivity contribution in [2.45, 2.75) is 25.2 Å². The second-order valence-electron chi connectivity index (χ2n) is 5.39. The molecule has 0 saturated carbocycles. The van der Waals surface area contributed by atoms with Crippen molar-refractivity contribution in [1.29, 1.82) is 0 Å². The molecule has 1 saturated heterocycles. The molecule has 2 N–H and O–H groups in total. The zero-order chi connectivity index (χ0) is 14.0. The van der Waals surface area contributed by atoms with Crippen molar-refractivity contribution in [3.8, 4) is 0 Å². The van der Waals surface area contributed by atoms with Crippen LogP contribution >= 0.6 is 0 Å². The summed E-state index contributed by atoms with van der Waals surface area (Å²) in [6, 6.07) is 7.14. The van der Waals surface area contributed by atoms with E-state index in [0.717, 1.165) is 12.0 Å². The first kappa shape index (κ1) is 14.5. The highest BCUT2D eigenvalue weighted by atomic mass is 32.2. The van der Waals surface area contributed by atoms with E-state index < -0.39 is 10.0 Å². The number of hydrogen-bond donors (Lipinski definition) is 1. The monoisotopic (exact) mass is 282 g/mol. The maximum absolute atomic E-state index is 12.7. The van der Waals surface area contributed by atoms with Crippen LogP contribution in [0.3, 0.4) is 0 Å². The SMILES string of the molecule is Cc1ccccc1S(=O)(=O)N1CCC(C)C(CN)C1. The van der Waals surface area contributed by atoms with Crippen LogP contribution in [0.25, 0.3) is 0 Å². The number of hydrogen-bond acceptors (Lipinski definition) is 3. The van der Waals surface area contributed by atoms with Crippen LogP contribution < -0.4 is 5.73 Å². The molecule has 5 heteroatoms. The van der Waals surface area contributed by atoms with Crippen LogP contribution in [0.4, 0.5) is 0 Å². The van der Waals surface area contributed by atoms with Gasteiger partial charge in [0.15, 0.2) is 0 Å². The van der Waals surface area contributed by atoms with Crippen LogP contribution in [-0.4, -0.2) is 32.4 Å². The fraction of sp³-hybridized carbons (Fsp3) is 0.571. The lowest BCUT2D eigenvalue weighted by molar-refractivity contribution is 0.203. The molecule has 1 heterocycles. The highest BCUT2D eigenvalue weighted by Gasteiger charge is 2.33. The van der Waals surface area contributed by atoms with Gasteiger partial charge in [-0.2, -0.15) is 4.31 Å². The third-order valence-electron chi connectivity index (χ3n) is 4.09. The van der Waals surface area contributed by atoms with Crippen molar-refractivity contribution >= 4 is 10.0 Å². The molecule has 106 valence electrons. The molecule has 2 unspecified atom stereocenters. The maximum Gasteiger partial charge on any atom is 0.243 e. The lowest BCUT2D eigenvalue weighted by atomic mass is 9.88. The molecule has 2 rings (SSSR count). The molecule has 0 spiro atoms. The van der Waals surface area contributed by atoms with Gasteiger partial charge in [0, 0.05) is 13.1 Å². The van der Waals surface area contributed by atoms with Crippen LogP contribution in [0, 0.1) is 18.8 Å². The molecule has 1 aromatic rings. The van der Waals surface area contributed by atoms with E-state index in [1.165, 1.54) is 0 Å². The largest absolute Gasteiger partial charge is 0.330 e. The Kier molecular flexibility index (Phi) is 4.28. The highest BCUT2D eigenvalue weighted by molar-refractivity contribution is 7.89. The van der Waals surface area contributed by atoms with Gasteiger partial charge in [0.05, 0.1) is 4.90 Å². The smallest absolute Gasteiger partial charge is 0.243 e. The average Bonchev–Trinajstić information content (AvgIpc) is 2.39. The van der Waals surface area contributed by atoms with E-state index in [1.54, 1.807) is 16.4 Å². The lowest BCUT2D eigenvalue weighted by Gasteiger charge is -2.35. The zero-order valence-electron chi connectivity index (χ0n) is 11.5. The van der Waals surface area contributed by atoms with E-state index in [4.69, 9.17) is 5.73 Å². The fourth-order valence-electron chi connectivity index (χ4n) is 2.63. The molecule has 0 bridgehead atoms. The molecule has 19 heavy (non-hydrogen) atoms. The van der Waals surface area contributed by atoms with Crippen LogP contribution in [0.2, 0.25) is 0 Å². The van der Waals surface area contributed by atoms with Crippen molar-refractivity contribution < 1.29 is 8.42 Å². The predicted molar refractivity (Wildman–Crippen MR) is 76.3 cm³/mol. The van der Waals surface area contributed by atoms with Crippen LogP contribution in [0.15, 0.2) is 29.2 Å². The lowest BCUT2D eigenvalue weighted by Crippen LogP contribution is -2.45. The number of benzene rings is 1. The molecule has 0 amide bonds. The van der Waals surface area contributed by atoms with Gasteiger partial charge < -0.3 is 5.73 Å². The van der Waals surface area contributed by atoms with Crippen molar-refractivity contribution in [2.75, 3.05) is 19.6 Å². The molecule has 0 aromatic heterocycles. The summed E-state index contributed by atoms with van der Waals surface area (Å²) in [5.74, 6) is 0.751. The van der Waals surface area contributed by atoms with Crippen molar-refractivity contribution in [2.24, 2.45) is 17.6 Å². The molecule has 1 aromatic carbocycles. The van der Waals surface area contributed by atoms with E-state index in [1.807, 2.05) is 19.1 Å². The Morgan fingerprint density at radius 1 is 1.37 bits per heavy atom. The summed E-state index contributed by atoms with van der Waals surface area (Å²) in [4.78, 5) is 0.417. The van der Waals surface area contributed by atoms with Gasteiger partial charge in [-0.1, -0.05) is 25.1 Å². The number of piperidine rings is 1. The van der Waals surface area contributed by atoms with E-state index in [9.17, 15) is 8.42 Å². The molecule has 0 radical (unpaired) electrons. The van der Waals surface area contributed by atoms with E-state index in [0.29, 0.717) is 30.4 Å². The standard InChI is InChI=1S/C14H22N2O2S/c1-11-7-8-16(10-13(11)9-15)19(17,18)14-6-4-3-5-12(14)2/h3-6,11,13H,7-10,15H2,1-2H3. The van der Waals surface area contributed by atoms with Gasteiger partial charge in [-0.05, 0) is 43.4 Å². The molecule has 4 nitrogen and oxygen atoms in total. The first-order valence-electron chi connectivity index (χ1n) is 6.72. The zero-order valence-corrected chi connectivity index (χ0v) is 12.4. The second-order valence-corrected chi connectivity index (χ2v) is 7.30. The Bertz CT molecular complexity index is 542. The van der Waals surface area contributed by atoms with Crippen LogP contribution in [0.5, 0.6) is 0 Å². The predicted octanol–water partition coefficient (Wildman–Crippen LogP) is 1.60. The molecule has 1 aliphatic heterocycles. The maximum atomic E-state index is 12.7. The van der Waals surface area contributed by atoms with Gasteiger partial charge in [-0.15, -0.1) is 0 Å². The highest BCUT2D eigenvalue weighted by Crippen LogP contribution is 2.28. The minimum atomic E-state index is -3.38. The Morgan fingerprint density at radius 2 is 2.05 bits per heavy atom. The average molecular weight is 282 g/mol. The van der Waals surface area contributed by atoms with Crippen molar-refractivity contribution in [1.82, 2.24) is 4.31 Å². The van der Waals surface area contributed by atoms with Crippen molar-refractivity contribution in [3.05, 3.63) is 29.8 Å². The van der Waals surface area contributed by atoms with Crippen LogP contribution in [-0.2, 0) is 10.0 Å². The molecular weight excluding hydrogens is 260 g/mol. The Balaban J connectivity index is 2.28. The number of nitrogens with two attached hydrogens (primary N) is 1. The van der Waals surface area contributed by atoms with Gasteiger partial charge in [-0.3, -0.25) is 0 Å². The topological polar surface area (TPSA) is 63.4 Å². The quantitative estimate of drug-likeness (QED) is 0.916. The summed E-state index contributed by atoms with van der Waals surface area (Å²) in [5.41, 5.74) is 6.54. The molecule has 2 atom stereocenters. The van der Waals surface area contributed by atoms with Crippen LogP contribution in [0.1, 0.15) is 18.9 Å². The number of sulfonamides is 1. The van der Waals surface area contributed by atoms with Crippen molar-refractivity contribution in [3.63, 3.8) is 0 Å². The fourth-order valence-corrected chi connectivity index (χ4v) is 4.36. The summed E-state index contributed by atoms with van der Waals surface area (Å²) < 4.78 is 26.9. The summed E-state index contributed by atoms with van der Waals surface area (Å²) >= 11 is 0. The number of aryl methyl sites for hydroxylation is 1. The molecule has 1 fully saturated rings. The Labute approximate surface area is 115 Å². The van der Waals surface area contributed by atoms with Gasteiger partial charge >= 0.3 is 0 Å². The van der Waals surface area contributed by atoms with Gasteiger partial charge in [-0.25, -0.2) is 8.42 Å².